The molecule has 1 aliphatic rings. The van der Waals surface area contributed by atoms with E-state index < -0.39 is 15.8 Å². The second-order valence-electron chi connectivity index (χ2n) is 5.15. The molecule has 1 amide bonds. The summed E-state index contributed by atoms with van der Waals surface area (Å²) in [7, 11) is 0.271. The van der Waals surface area contributed by atoms with Gasteiger partial charge in [0.1, 0.15) is 5.75 Å². The second-order valence-corrected chi connectivity index (χ2v) is 7.37. The van der Waals surface area contributed by atoms with Gasteiger partial charge in [0.15, 0.2) is 9.84 Å². The molecule has 1 aromatic carbocycles. The number of methoxy groups -OCH3 is 1. The molecule has 0 radical (unpaired) electrons. The predicted octanol–water partition coefficient (Wildman–Crippen LogP) is 1.09. The van der Waals surface area contributed by atoms with E-state index in [2.05, 4.69) is 0 Å². The number of carbonyl (C=O) groups excluding carboxylic acids is 1. The normalized spacial score (nSPS) is 20.6. The Balaban J connectivity index is 2.01. The van der Waals surface area contributed by atoms with Gasteiger partial charge in [0.25, 0.3) is 0 Å². The number of amides is 1. The van der Waals surface area contributed by atoms with Gasteiger partial charge in [-0.2, -0.15) is 0 Å². The molecule has 1 aliphatic heterocycles. The van der Waals surface area contributed by atoms with Crippen molar-refractivity contribution in [3.63, 3.8) is 0 Å². The second kappa shape index (κ2) is 5.83. The van der Waals surface area contributed by atoms with E-state index in [0.717, 1.165) is 11.3 Å². The van der Waals surface area contributed by atoms with E-state index >= 15 is 0 Å². The molecule has 1 fully saturated rings. The van der Waals surface area contributed by atoms with Crippen LogP contribution in [0.25, 0.3) is 0 Å². The maximum absolute atomic E-state index is 12.2. The maximum Gasteiger partial charge on any atom is 0.226 e. The monoisotopic (exact) mass is 297 g/mol. The highest BCUT2D eigenvalue weighted by Crippen LogP contribution is 2.21. The number of rotatable bonds is 4. The first-order valence-electron chi connectivity index (χ1n) is 6.49. The average Bonchev–Trinajstić information content (AvgIpc) is 2.78. The van der Waals surface area contributed by atoms with Crippen LogP contribution in [-0.2, 0) is 21.2 Å². The number of hydrogen-bond donors (Lipinski definition) is 0. The number of benzene rings is 1. The van der Waals surface area contributed by atoms with Gasteiger partial charge in [-0.05, 0) is 24.1 Å². The summed E-state index contributed by atoms with van der Waals surface area (Å²) in [4.78, 5) is 13.8. The van der Waals surface area contributed by atoms with Crippen LogP contribution in [0.1, 0.15) is 12.0 Å². The topological polar surface area (TPSA) is 63.7 Å². The highest BCUT2D eigenvalue weighted by molar-refractivity contribution is 7.91. The maximum atomic E-state index is 12.2. The van der Waals surface area contributed by atoms with E-state index in [1.54, 1.807) is 19.1 Å². The zero-order chi connectivity index (χ0) is 14.8. The van der Waals surface area contributed by atoms with Crippen LogP contribution in [0.2, 0.25) is 0 Å². The standard InChI is InChI=1S/C14H19NO4S/c1-15(9-11-4-3-5-13(8-11)19-2)14(16)12-6-7-20(17,18)10-12/h3-5,8,12H,6-7,9-10H2,1-2H3. The average molecular weight is 297 g/mol. The van der Waals surface area contributed by atoms with Gasteiger partial charge in [0.05, 0.1) is 24.5 Å². The number of nitrogens with zero attached hydrogens (tertiary/aromatic N) is 1. The van der Waals surface area contributed by atoms with Crippen molar-refractivity contribution in [2.45, 2.75) is 13.0 Å². The SMILES string of the molecule is COc1cccc(CN(C)C(=O)C2CCS(=O)(=O)C2)c1. The van der Waals surface area contributed by atoms with Crippen LogP contribution in [0.15, 0.2) is 24.3 Å². The van der Waals surface area contributed by atoms with Crippen molar-refractivity contribution >= 4 is 15.7 Å². The van der Waals surface area contributed by atoms with Gasteiger partial charge in [-0.25, -0.2) is 8.42 Å². The minimum Gasteiger partial charge on any atom is -0.497 e. The molecule has 5 nitrogen and oxygen atoms in total. The summed E-state index contributed by atoms with van der Waals surface area (Å²) in [6, 6.07) is 7.49. The molecule has 1 unspecified atom stereocenters. The van der Waals surface area contributed by atoms with E-state index in [0.29, 0.717) is 13.0 Å². The molecule has 1 atom stereocenters. The van der Waals surface area contributed by atoms with Crippen LogP contribution in [0.4, 0.5) is 0 Å². The Hall–Kier alpha value is -1.56. The largest absolute Gasteiger partial charge is 0.497 e. The fraction of sp³-hybridized carbons (Fsp3) is 0.500. The Labute approximate surface area is 119 Å². The van der Waals surface area contributed by atoms with Crippen molar-refractivity contribution < 1.29 is 17.9 Å². The number of ether oxygens (including phenoxy) is 1. The molecular weight excluding hydrogens is 278 g/mol. The molecule has 0 bridgehead atoms. The lowest BCUT2D eigenvalue weighted by atomic mass is 10.1. The van der Waals surface area contributed by atoms with Crippen LogP contribution >= 0.6 is 0 Å². The van der Waals surface area contributed by atoms with Crippen LogP contribution < -0.4 is 4.74 Å². The van der Waals surface area contributed by atoms with Crippen molar-refractivity contribution in [2.24, 2.45) is 5.92 Å². The quantitative estimate of drug-likeness (QED) is 0.834. The first kappa shape index (κ1) is 14.8. The Kier molecular flexibility index (Phi) is 4.32. The van der Waals surface area contributed by atoms with Gasteiger partial charge in [0, 0.05) is 13.6 Å². The molecule has 0 saturated carbocycles. The molecule has 110 valence electrons. The molecular formula is C14H19NO4S. The zero-order valence-electron chi connectivity index (χ0n) is 11.7. The first-order valence-corrected chi connectivity index (χ1v) is 8.32. The Morgan fingerprint density at radius 1 is 1.45 bits per heavy atom. The zero-order valence-corrected chi connectivity index (χ0v) is 12.5. The van der Waals surface area contributed by atoms with Crippen molar-refractivity contribution in [2.75, 3.05) is 25.7 Å². The number of hydrogen-bond acceptors (Lipinski definition) is 4. The van der Waals surface area contributed by atoms with E-state index in [1.165, 1.54) is 0 Å². The lowest BCUT2D eigenvalue weighted by molar-refractivity contribution is -0.133. The summed E-state index contributed by atoms with van der Waals surface area (Å²) in [6.07, 6.45) is 0.434. The van der Waals surface area contributed by atoms with Crippen LogP contribution in [0, 0.1) is 5.92 Å². The molecule has 2 rings (SSSR count). The lowest BCUT2D eigenvalue weighted by Crippen LogP contribution is -2.33. The molecule has 0 aliphatic carbocycles. The third-order valence-corrected chi connectivity index (χ3v) is 5.28. The molecule has 1 aromatic rings. The van der Waals surface area contributed by atoms with Gasteiger partial charge < -0.3 is 9.64 Å². The van der Waals surface area contributed by atoms with Crippen molar-refractivity contribution in [1.82, 2.24) is 4.90 Å². The van der Waals surface area contributed by atoms with E-state index in [4.69, 9.17) is 4.74 Å². The van der Waals surface area contributed by atoms with Crippen LogP contribution in [-0.4, -0.2) is 44.9 Å². The van der Waals surface area contributed by atoms with Gasteiger partial charge in [-0.1, -0.05) is 12.1 Å². The summed E-state index contributed by atoms with van der Waals surface area (Å²) < 4.78 is 28.0. The summed E-state index contributed by atoms with van der Waals surface area (Å²) in [5, 5.41) is 0. The fourth-order valence-corrected chi connectivity index (χ4v) is 4.16. The Morgan fingerprint density at radius 2 is 2.20 bits per heavy atom. The van der Waals surface area contributed by atoms with E-state index in [1.807, 2.05) is 24.3 Å². The van der Waals surface area contributed by atoms with E-state index in [-0.39, 0.29) is 17.4 Å². The molecule has 20 heavy (non-hydrogen) atoms. The third kappa shape index (κ3) is 3.50. The molecule has 1 heterocycles. The third-order valence-electron chi connectivity index (χ3n) is 3.51. The smallest absolute Gasteiger partial charge is 0.226 e. The molecule has 0 spiro atoms. The van der Waals surface area contributed by atoms with Crippen molar-refractivity contribution in [3.05, 3.63) is 29.8 Å². The van der Waals surface area contributed by atoms with Gasteiger partial charge in [-0.3, -0.25) is 4.79 Å². The molecule has 0 N–H and O–H groups in total. The number of carbonyl (C=O) groups is 1. The fourth-order valence-electron chi connectivity index (χ4n) is 2.42. The first-order chi connectivity index (χ1) is 9.41. The van der Waals surface area contributed by atoms with Crippen molar-refractivity contribution in [3.8, 4) is 5.75 Å². The molecule has 0 aromatic heterocycles. The highest BCUT2D eigenvalue weighted by Gasteiger charge is 2.34. The predicted molar refractivity (Wildman–Crippen MR) is 76.2 cm³/mol. The van der Waals surface area contributed by atoms with Crippen LogP contribution in [0.5, 0.6) is 5.75 Å². The Morgan fingerprint density at radius 3 is 2.80 bits per heavy atom. The number of sulfone groups is 1. The summed E-state index contributed by atoms with van der Waals surface area (Å²) in [6.45, 7) is 0.451. The van der Waals surface area contributed by atoms with Gasteiger partial charge >= 0.3 is 0 Å². The minimum atomic E-state index is -3.03. The van der Waals surface area contributed by atoms with E-state index in [9.17, 15) is 13.2 Å². The van der Waals surface area contributed by atoms with Gasteiger partial charge in [-0.15, -0.1) is 0 Å². The van der Waals surface area contributed by atoms with Crippen molar-refractivity contribution in [1.29, 1.82) is 0 Å². The lowest BCUT2D eigenvalue weighted by Gasteiger charge is -2.20. The van der Waals surface area contributed by atoms with Crippen LogP contribution in [0.3, 0.4) is 0 Å². The van der Waals surface area contributed by atoms with Gasteiger partial charge in [0.2, 0.25) is 5.91 Å². The molecule has 6 heteroatoms. The summed E-state index contributed by atoms with van der Waals surface area (Å²) >= 11 is 0. The summed E-state index contributed by atoms with van der Waals surface area (Å²) in [5.41, 5.74) is 0.959. The Bertz CT molecular complexity index is 597. The highest BCUT2D eigenvalue weighted by atomic mass is 32.2. The molecule has 1 saturated heterocycles. The minimum absolute atomic E-state index is 0.0196. The summed E-state index contributed by atoms with van der Waals surface area (Å²) in [5.74, 6) is 0.348.